The van der Waals surface area contributed by atoms with E-state index < -0.39 is 0 Å². The molecule has 0 spiro atoms. The Labute approximate surface area is 148 Å². The van der Waals surface area contributed by atoms with E-state index in [1.165, 1.54) is 22.0 Å². The summed E-state index contributed by atoms with van der Waals surface area (Å²) in [4.78, 5) is 6.44. The molecule has 1 aromatic carbocycles. The molecule has 1 aliphatic heterocycles. The zero-order chi connectivity index (χ0) is 17.2. The molecule has 0 amide bonds. The number of β-amino-alcohol motifs (C(OH)–C–C–N with tert-alkyl or cyclic N) is 1. The van der Waals surface area contributed by atoms with Gasteiger partial charge in [0.25, 0.3) is 0 Å². The smallest absolute Gasteiger partial charge is 0.0710 e. The van der Waals surface area contributed by atoms with Gasteiger partial charge in [0.15, 0.2) is 0 Å². The van der Waals surface area contributed by atoms with Crippen molar-refractivity contribution in [3.63, 3.8) is 0 Å². The Balaban J connectivity index is 1.43. The lowest BCUT2D eigenvalue weighted by Crippen LogP contribution is -2.21. The lowest BCUT2D eigenvalue weighted by molar-refractivity contribution is 0.141. The van der Waals surface area contributed by atoms with Gasteiger partial charge in [0.05, 0.1) is 6.10 Å². The highest BCUT2D eigenvalue weighted by Gasteiger charge is 2.31. The number of aromatic nitrogens is 2. The van der Waals surface area contributed by atoms with Crippen LogP contribution in [0.5, 0.6) is 0 Å². The summed E-state index contributed by atoms with van der Waals surface area (Å²) >= 11 is 0. The van der Waals surface area contributed by atoms with Gasteiger partial charge in [-0.25, -0.2) is 0 Å². The second-order valence-electron chi connectivity index (χ2n) is 7.08. The summed E-state index contributed by atoms with van der Waals surface area (Å²) in [6.07, 6.45) is 6.47. The lowest BCUT2D eigenvalue weighted by atomic mass is 9.97. The molecule has 3 aromatic rings. The van der Waals surface area contributed by atoms with Crippen LogP contribution in [0.3, 0.4) is 0 Å². The van der Waals surface area contributed by atoms with Gasteiger partial charge in [-0.3, -0.25) is 9.88 Å². The number of hydrogen-bond acceptors (Lipinski definition) is 3. The number of aryl methyl sites for hydroxylation is 1. The topological polar surface area (TPSA) is 41.3 Å². The maximum atomic E-state index is 10.4. The van der Waals surface area contributed by atoms with Crippen molar-refractivity contribution in [2.45, 2.75) is 32.5 Å². The van der Waals surface area contributed by atoms with Gasteiger partial charge < -0.3 is 9.67 Å². The van der Waals surface area contributed by atoms with Crippen molar-refractivity contribution in [2.24, 2.45) is 5.92 Å². The van der Waals surface area contributed by atoms with Gasteiger partial charge in [-0.05, 0) is 60.2 Å². The largest absolute Gasteiger partial charge is 0.391 e. The highest BCUT2D eigenvalue weighted by Crippen LogP contribution is 2.24. The highest BCUT2D eigenvalue weighted by atomic mass is 16.3. The predicted molar refractivity (Wildman–Crippen MR) is 100 cm³/mol. The molecule has 1 fully saturated rings. The van der Waals surface area contributed by atoms with Crippen LogP contribution in [-0.4, -0.2) is 38.8 Å². The van der Waals surface area contributed by atoms with Gasteiger partial charge in [0.1, 0.15) is 0 Å². The molecule has 0 saturated carbocycles. The monoisotopic (exact) mass is 335 g/mol. The van der Waals surface area contributed by atoms with Crippen molar-refractivity contribution >= 4 is 10.9 Å². The zero-order valence-corrected chi connectivity index (χ0v) is 14.7. The summed E-state index contributed by atoms with van der Waals surface area (Å²) in [5.74, 6) is 0.298. The van der Waals surface area contributed by atoms with Crippen molar-refractivity contribution in [3.8, 4) is 0 Å². The minimum absolute atomic E-state index is 0.252. The summed E-state index contributed by atoms with van der Waals surface area (Å²) in [5.41, 5.74) is 3.87. The van der Waals surface area contributed by atoms with E-state index in [0.717, 1.165) is 32.6 Å². The first-order chi connectivity index (χ1) is 12.2. The molecule has 25 heavy (non-hydrogen) atoms. The molecule has 4 nitrogen and oxygen atoms in total. The second kappa shape index (κ2) is 6.98. The summed E-state index contributed by atoms with van der Waals surface area (Å²) < 4.78 is 2.27. The van der Waals surface area contributed by atoms with E-state index in [1.807, 2.05) is 24.5 Å². The molecule has 4 heteroatoms. The normalized spacial score (nSPS) is 21.2. The molecule has 2 aromatic heterocycles. The summed E-state index contributed by atoms with van der Waals surface area (Å²) in [7, 11) is 0. The maximum Gasteiger partial charge on any atom is 0.0710 e. The molecule has 0 aliphatic carbocycles. The molecule has 1 N–H and O–H groups in total. The minimum atomic E-state index is -0.252. The Morgan fingerprint density at radius 1 is 1.08 bits per heavy atom. The number of hydrogen-bond donors (Lipinski definition) is 1. The Morgan fingerprint density at radius 3 is 2.72 bits per heavy atom. The summed E-state index contributed by atoms with van der Waals surface area (Å²) in [5, 5.41) is 11.7. The lowest BCUT2D eigenvalue weighted by Gasteiger charge is -2.16. The van der Waals surface area contributed by atoms with E-state index >= 15 is 0 Å². The summed E-state index contributed by atoms with van der Waals surface area (Å²) in [6.45, 7) is 5.76. The number of aliphatic hydroxyl groups is 1. The Kier molecular flexibility index (Phi) is 4.55. The number of rotatable bonds is 5. The predicted octanol–water partition coefficient (Wildman–Crippen LogP) is 3.09. The molecule has 1 aliphatic rings. The van der Waals surface area contributed by atoms with Gasteiger partial charge in [0, 0.05) is 56.2 Å². The molecule has 0 unspecified atom stereocenters. The van der Waals surface area contributed by atoms with Crippen molar-refractivity contribution in [1.29, 1.82) is 0 Å². The first-order valence-electron chi connectivity index (χ1n) is 9.10. The van der Waals surface area contributed by atoms with E-state index in [4.69, 9.17) is 0 Å². The number of aliphatic hydroxyl groups excluding tert-OH is 1. The van der Waals surface area contributed by atoms with Gasteiger partial charge in [-0.15, -0.1) is 0 Å². The summed E-state index contributed by atoms with van der Waals surface area (Å²) in [6, 6.07) is 13.0. The molecular weight excluding hydrogens is 310 g/mol. The fourth-order valence-corrected chi connectivity index (χ4v) is 3.97. The quantitative estimate of drug-likeness (QED) is 0.779. The fraction of sp³-hybridized carbons (Fsp3) is 0.381. The first kappa shape index (κ1) is 16.3. The first-order valence-corrected chi connectivity index (χ1v) is 9.10. The molecular formula is C21H25N3O. The molecule has 130 valence electrons. The van der Waals surface area contributed by atoms with Crippen molar-refractivity contribution in [3.05, 3.63) is 66.1 Å². The SMILES string of the molecule is CCn1ccc2cc(CN3C[C@@H](Cc4ccncc4)[C@@H](O)C3)ccc21. The van der Waals surface area contributed by atoms with Crippen LogP contribution in [0.4, 0.5) is 0 Å². The zero-order valence-electron chi connectivity index (χ0n) is 14.7. The highest BCUT2D eigenvalue weighted by molar-refractivity contribution is 5.80. The third kappa shape index (κ3) is 3.46. The van der Waals surface area contributed by atoms with Crippen LogP contribution in [0, 0.1) is 5.92 Å². The number of pyridine rings is 1. The third-order valence-corrected chi connectivity index (χ3v) is 5.31. The van der Waals surface area contributed by atoms with E-state index in [-0.39, 0.29) is 6.10 Å². The molecule has 0 bridgehead atoms. The van der Waals surface area contributed by atoms with Gasteiger partial charge in [-0.2, -0.15) is 0 Å². The average molecular weight is 335 g/mol. The van der Waals surface area contributed by atoms with Crippen LogP contribution < -0.4 is 0 Å². The molecule has 4 rings (SSSR count). The van der Waals surface area contributed by atoms with Gasteiger partial charge in [0.2, 0.25) is 0 Å². The molecule has 0 radical (unpaired) electrons. The van der Waals surface area contributed by atoms with E-state index in [1.54, 1.807) is 0 Å². The molecule has 1 saturated heterocycles. The maximum absolute atomic E-state index is 10.4. The average Bonchev–Trinajstić information content (AvgIpc) is 3.18. The number of fused-ring (bicyclic) bond motifs is 1. The van der Waals surface area contributed by atoms with Crippen LogP contribution in [-0.2, 0) is 19.5 Å². The van der Waals surface area contributed by atoms with Crippen LogP contribution in [0.1, 0.15) is 18.1 Å². The van der Waals surface area contributed by atoms with Crippen LogP contribution in [0.15, 0.2) is 55.0 Å². The Hall–Kier alpha value is -2.17. The minimum Gasteiger partial charge on any atom is -0.391 e. The molecule has 2 atom stereocenters. The third-order valence-electron chi connectivity index (χ3n) is 5.31. The Morgan fingerprint density at radius 2 is 1.92 bits per heavy atom. The molecule has 3 heterocycles. The van der Waals surface area contributed by atoms with Crippen molar-refractivity contribution in [1.82, 2.24) is 14.5 Å². The second-order valence-corrected chi connectivity index (χ2v) is 7.08. The van der Waals surface area contributed by atoms with E-state index in [9.17, 15) is 5.11 Å². The van der Waals surface area contributed by atoms with Gasteiger partial charge >= 0.3 is 0 Å². The Bertz CT molecular complexity index is 843. The number of nitrogens with zero attached hydrogens (tertiary/aromatic N) is 3. The van der Waals surface area contributed by atoms with E-state index in [0.29, 0.717) is 5.92 Å². The fourth-order valence-electron chi connectivity index (χ4n) is 3.97. The van der Waals surface area contributed by atoms with Crippen LogP contribution in [0.2, 0.25) is 0 Å². The van der Waals surface area contributed by atoms with E-state index in [2.05, 4.69) is 51.8 Å². The van der Waals surface area contributed by atoms with Crippen LogP contribution in [0.25, 0.3) is 10.9 Å². The number of likely N-dealkylation sites (tertiary alicyclic amines) is 1. The van der Waals surface area contributed by atoms with Crippen molar-refractivity contribution in [2.75, 3.05) is 13.1 Å². The number of benzene rings is 1. The van der Waals surface area contributed by atoms with Gasteiger partial charge in [-0.1, -0.05) is 6.07 Å². The standard InChI is InChI=1S/C21H25N3O/c1-2-24-10-7-18-12-17(3-4-20(18)24)13-23-14-19(21(25)15-23)11-16-5-8-22-9-6-16/h3-10,12,19,21,25H,2,11,13-15H2,1H3/t19-,21+/m1/s1. The van der Waals surface area contributed by atoms with Crippen LogP contribution >= 0.6 is 0 Å². The van der Waals surface area contributed by atoms with Crippen molar-refractivity contribution < 1.29 is 5.11 Å².